The van der Waals surface area contributed by atoms with Crippen LogP contribution >= 0.6 is 0 Å². The van der Waals surface area contributed by atoms with Gasteiger partial charge in [0.2, 0.25) is 5.91 Å². The van der Waals surface area contributed by atoms with Crippen molar-refractivity contribution in [2.24, 2.45) is 0 Å². The van der Waals surface area contributed by atoms with Gasteiger partial charge in [-0.2, -0.15) is 0 Å². The molecule has 0 aliphatic heterocycles. The Morgan fingerprint density at radius 1 is 1.19 bits per heavy atom. The van der Waals surface area contributed by atoms with Crippen LogP contribution in [0.1, 0.15) is 25.3 Å². The normalized spacial score (nSPS) is 13.4. The third-order valence-corrected chi connectivity index (χ3v) is 2.93. The predicted molar refractivity (Wildman–Crippen MR) is 76.6 cm³/mol. The van der Waals surface area contributed by atoms with Gasteiger partial charge in [-0.1, -0.05) is 12.1 Å². The molecule has 112 valence electrons. The first-order chi connectivity index (χ1) is 10.0. The highest BCUT2D eigenvalue weighted by Gasteiger charge is 2.23. The van der Waals surface area contributed by atoms with Crippen LogP contribution in [0.4, 0.5) is 5.69 Å². The quantitative estimate of drug-likeness (QED) is 0.766. The Morgan fingerprint density at radius 2 is 1.86 bits per heavy atom. The van der Waals surface area contributed by atoms with E-state index in [1.807, 2.05) is 0 Å². The number of carbonyl (C=O) groups is 3. The van der Waals surface area contributed by atoms with Crippen molar-refractivity contribution in [3.8, 4) is 0 Å². The molecule has 2 rings (SSSR count). The molecule has 1 fully saturated rings. The second-order valence-corrected chi connectivity index (χ2v) is 5.06. The molecule has 1 aliphatic carbocycles. The van der Waals surface area contributed by atoms with Crippen molar-refractivity contribution < 1.29 is 19.1 Å². The van der Waals surface area contributed by atoms with Crippen LogP contribution < -0.4 is 10.6 Å². The van der Waals surface area contributed by atoms with Crippen LogP contribution in [-0.4, -0.2) is 30.4 Å². The summed E-state index contributed by atoms with van der Waals surface area (Å²) < 4.78 is 4.91. The zero-order valence-corrected chi connectivity index (χ0v) is 11.8. The van der Waals surface area contributed by atoms with Crippen molar-refractivity contribution in [2.75, 3.05) is 11.9 Å². The van der Waals surface area contributed by atoms with E-state index in [2.05, 4.69) is 10.6 Å². The third-order valence-electron chi connectivity index (χ3n) is 2.93. The molecule has 6 nitrogen and oxygen atoms in total. The Morgan fingerprint density at radius 3 is 2.43 bits per heavy atom. The van der Waals surface area contributed by atoms with Gasteiger partial charge in [-0.25, -0.2) is 0 Å². The fraction of sp³-hybridized carbons (Fsp3) is 0.400. The van der Waals surface area contributed by atoms with Gasteiger partial charge < -0.3 is 15.4 Å². The zero-order valence-electron chi connectivity index (χ0n) is 11.8. The highest BCUT2D eigenvalue weighted by atomic mass is 16.5. The molecule has 0 aromatic heterocycles. The van der Waals surface area contributed by atoms with Crippen LogP contribution in [0.3, 0.4) is 0 Å². The van der Waals surface area contributed by atoms with E-state index in [0.717, 1.165) is 18.4 Å². The SMILES string of the molecule is CC(=O)Nc1ccc(CC(=O)OCC(=O)NC2CC2)cc1. The van der Waals surface area contributed by atoms with Crippen molar-refractivity contribution in [3.63, 3.8) is 0 Å². The molecule has 1 aliphatic rings. The molecular formula is C15H18N2O4. The Kier molecular flexibility index (Phi) is 4.92. The third kappa shape index (κ3) is 5.64. The van der Waals surface area contributed by atoms with Crippen LogP contribution in [0.5, 0.6) is 0 Å². The number of anilines is 1. The molecule has 0 bridgehead atoms. The highest BCUT2D eigenvalue weighted by molar-refractivity contribution is 5.88. The summed E-state index contributed by atoms with van der Waals surface area (Å²) in [5.41, 5.74) is 1.43. The van der Waals surface area contributed by atoms with E-state index in [-0.39, 0.29) is 30.9 Å². The molecule has 0 atom stereocenters. The molecule has 1 saturated carbocycles. The number of hydrogen-bond acceptors (Lipinski definition) is 4. The average molecular weight is 290 g/mol. The first kappa shape index (κ1) is 15.0. The number of amides is 2. The van der Waals surface area contributed by atoms with Gasteiger partial charge in [0, 0.05) is 18.7 Å². The van der Waals surface area contributed by atoms with Crippen LogP contribution in [0, 0.1) is 0 Å². The predicted octanol–water partition coefficient (Wildman–Crippen LogP) is 1.01. The van der Waals surface area contributed by atoms with E-state index in [4.69, 9.17) is 4.74 Å². The molecule has 2 N–H and O–H groups in total. The van der Waals surface area contributed by atoms with Crippen molar-refractivity contribution in [1.29, 1.82) is 0 Å². The summed E-state index contributed by atoms with van der Waals surface area (Å²) in [6.07, 6.45) is 2.09. The summed E-state index contributed by atoms with van der Waals surface area (Å²) in [5, 5.41) is 5.38. The summed E-state index contributed by atoms with van der Waals surface area (Å²) in [6.45, 7) is 1.19. The lowest BCUT2D eigenvalue weighted by molar-refractivity contribution is -0.147. The lowest BCUT2D eigenvalue weighted by atomic mass is 10.1. The topological polar surface area (TPSA) is 84.5 Å². The van der Waals surface area contributed by atoms with Crippen molar-refractivity contribution >= 4 is 23.5 Å². The summed E-state index contributed by atoms with van der Waals surface area (Å²) in [7, 11) is 0. The van der Waals surface area contributed by atoms with Gasteiger partial charge in [0.25, 0.3) is 5.91 Å². The average Bonchev–Trinajstić information content (AvgIpc) is 3.22. The zero-order chi connectivity index (χ0) is 15.2. The Hall–Kier alpha value is -2.37. The Labute approximate surface area is 122 Å². The molecule has 1 aromatic rings. The van der Waals surface area contributed by atoms with E-state index in [9.17, 15) is 14.4 Å². The standard InChI is InChI=1S/C15H18N2O4/c1-10(18)16-12-4-2-11(3-5-12)8-15(20)21-9-14(19)17-13-6-7-13/h2-5,13H,6-9H2,1H3,(H,16,18)(H,17,19). The highest BCUT2D eigenvalue weighted by Crippen LogP contribution is 2.18. The van der Waals surface area contributed by atoms with Gasteiger partial charge in [-0.05, 0) is 30.5 Å². The molecule has 21 heavy (non-hydrogen) atoms. The Bertz CT molecular complexity index is 535. The first-order valence-electron chi connectivity index (χ1n) is 6.84. The maximum atomic E-state index is 11.6. The molecule has 0 saturated heterocycles. The molecule has 1 aromatic carbocycles. The van der Waals surface area contributed by atoms with Crippen LogP contribution in [0.2, 0.25) is 0 Å². The van der Waals surface area contributed by atoms with Gasteiger partial charge in [-0.15, -0.1) is 0 Å². The molecule has 0 unspecified atom stereocenters. The minimum atomic E-state index is -0.451. The monoisotopic (exact) mass is 290 g/mol. The van der Waals surface area contributed by atoms with Crippen molar-refractivity contribution in [2.45, 2.75) is 32.2 Å². The van der Waals surface area contributed by atoms with Gasteiger partial charge in [0.15, 0.2) is 6.61 Å². The van der Waals surface area contributed by atoms with Crippen LogP contribution in [-0.2, 0) is 25.5 Å². The number of rotatable bonds is 6. The van der Waals surface area contributed by atoms with E-state index >= 15 is 0 Å². The van der Waals surface area contributed by atoms with Crippen molar-refractivity contribution in [1.82, 2.24) is 5.32 Å². The fourth-order valence-electron chi connectivity index (χ4n) is 1.77. The smallest absolute Gasteiger partial charge is 0.310 e. The number of nitrogens with one attached hydrogen (secondary N) is 2. The van der Waals surface area contributed by atoms with Crippen LogP contribution in [0.15, 0.2) is 24.3 Å². The second-order valence-electron chi connectivity index (χ2n) is 5.06. The maximum Gasteiger partial charge on any atom is 0.310 e. The minimum absolute atomic E-state index is 0.0943. The van der Waals surface area contributed by atoms with Gasteiger partial charge in [0.05, 0.1) is 6.42 Å². The minimum Gasteiger partial charge on any atom is -0.455 e. The van der Waals surface area contributed by atoms with E-state index < -0.39 is 5.97 Å². The lowest BCUT2D eigenvalue weighted by Gasteiger charge is -2.06. The second kappa shape index (κ2) is 6.88. The van der Waals surface area contributed by atoms with Crippen LogP contribution in [0.25, 0.3) is 0 Å². The number of esters is 1. The van der Waals surface area contributed by atoms with Crippen molar-refractivity contribution in [3.05, 3.63) is 29.8 Å². The van der Waals surface area contributed by atoms with Gasteiger partial charge >= 0.3 is 5.97 Å². The summed E-state index contributed by atoms with van der Waals surface area (Å²) in [5.74, 6) is -0.857. The molecular weight excluding hydrogens is 272 g/mol. The molecule has 0 radical (unpaired) electrons. The molecule has 0 spiro atoms. The molecule has 6 heteroatoms. The lowest BCUT2D eigenvalue weighted by Crippen LogP contribution is -2.30. The summed E-state index contributed by atoms with van der Waals surface area (Å²) in [6, 6.07) is 7.15. The van der Waals surface area contributed by atoms with E-state index in [1.54, 1.807) is 24.3 Å². The number of benzene rings is 1. The Balaban J connectivity index is 1.73. The largest absolute Gasteiger partial charge is 0.455 e. The molecule has 2 amide bonds. The summed E-state index contributed by atoms with van der Waals surface area (Å²) >= 11 is 0. The number of hydrogen-bond donors (Lipinski definition) is 2. The van der Waals surface area contributed by atoms with E-state index in [0.29, 0.717) is 5.69 Å². The maximum absolute atomic E-state index is 11.6. The first-order valence-corrected chi connectivity index (χ1v) is 6.84. The van der Waals surface area contributed by atoms with E-state index in [1.165, 1.54) is 6.92 Å². The molecule has 0 heterocycles. The number of ether oxygens (including phenoxy) is 1. The fourth-order valence-corrected chi connectivity index (χ4v) is 1.77. The van der Waals surface area contributed by atoms with Gasteiger partial charge in [0.1, 0.15) is 0 Å². The summed E-state index contributed by atoms with van der Waals surface area (Å²) in [4.78, 5) is 33.9. The van der Waals surface area contributed by atoms with Gasteiger partial charge in [-0.3, -0.25) is 14.4 Å². The number of carbonyl (C=O) groups excluding carboxylic acids is 3.